The molecule has 1 aromatic rings. The topological polar surface area (TPSA) is 137 Å². The van der Waals surface area contributed by atoms with Crippen molar-refractivity contribution in [2.24, 2.45) is 5.41 Å². The number of aliphatic hydroxyl groups excluding tert-OH is 5. The highest BCUT2D eigenvalue weighted by Crippen LogP contribution is 2.18. The van der Waals surface area contributed by atoms with Crippen molar-refractivity contribution in [2.45, 2.75) is 45.2 Å². The molecule has 26 heavy (non-hydrogen) atoms. The fraction of sp³-hybridized carbons (Fsp3) is 0.611. The standard InChI is InChI=1S/C18H28O8/c1-18(2,3)10-26-12-6-4-11(5-7-12)17(24)25-9-14(21)16(23)15(22)13(20)8-19/h4-7,13-16,19-23H,8-10H2,1-3H3/t13-,14+,15+,16+/m0/s1. The number of carbonyl (C=O) groups excluding carboxylic acids is 1. The van der Waals surface area contributed by atoms with E-state index in [2.05, 4.69) is 0 Å². The molecule has 0 aliphatic heterocycles. The molecule has 1 rings (SSSR count). The van der Waals surface area contributed by atoms with Gasteiger partial charge >= 0.3 is 5.97 Å². The van der Waals surface area contributed by atoms with E-state index in [1.165, 1.54) is 12.1 Å². The number of hydrogen-bond donors (Lipinski definition) is 5. The van der Waals surface area contributed by atoms with Gasteiger partial charge in [-0.05, 0) is 29.7 Å². The van der Waals surface area contributed by atoms with Crippen LogP contribution in [-0.2, 0) is 4.74 Å². The van der Waals surface area contributed by atoms with Crippen molar-refractivity contribution in [1.82, 2.24) is 0 Å². The van der Waals surface area contributed by atoms with Gasteiger partial charge in [-0.25, -0.2) is 4.79 Å². The molecule has 0 unspecified atom stereocenters. The molecule has 148 valence electrons. The second kappa shape index (κ2) is 9.84. The SMILES string of the molecule is CC(C)(C)COc1ccc(C(=O)OC[C@@H](O)[C@@H](O)[C@H](O)[C@@H](O)CO)cc1. The summed E-state index contributed by atoms with van der Waals surface area (Å²) in [6.07, 6.45) is -6.79. The second-order valence-corrected chi connectivity index (χ2v) is 7.27. The van der Waals surface area contributed by atoms with Gasteiger partial charge in [-0.2, -0.15) is 0 Å². The summed E-state index contributed by atoms with van der Waals surface area (Å²) in [5.74, 6) is -0.121. The predicted octanol–water partition coefficient (Wildman–Crippen LogP) is -0.296. The third-order valence-electron chi connectivity index (χ3n) is 3.47. The maximum absolute atomic E-state index is 12.0. The summed E-state index contributed by atoms with van der Waals surface area (Å²) in [4.78, 5) is 12.0. The molecular formula is C18H28O8. The quantitative estimate of drug-likeness (QED) is 0.373. The Hall–Kier alpha value is -1.71. The minimum absolute atomic E-state index is 0.00272. The van der Waals surface area contributed by atoms with Crippen LogP contribution in [0.4, 0.5) is 0 Å². The Morgan fingerprint density at radius 1 is 1.00 bits per heavy atom. The summed E-state index contributed by atoms with van der Waals surface area (Å²) < 4.78 is 10.5. The van der Waals surface area contributed by atoms with Gasteiger partial charge in [0.25, 0.3) is 0 Å². The third-order valence-corrected chi connectivity index (χ3v) is 3.47. The summed E-state index contributed by atoms with van der Waals surface area (Å²) >= 11 is 0. The van der Waals surface area contributed by atoms with E-state index in [-0.39, 0.29) is 11.0 Å². The lowest BCUT2D eigenvalue weighted by molar-refractivity contribution is -0.124. The maximum atomic E-state index is 12.0. The summed E-state index contributed by atoms with van der Waals surface area (Å²) in [6, 6.07) is 6.25. The van der Waals surface area contributed by atoms with Crippen LogP contribution in [0.15, 0.2) is 24.3 Å². The fourth-order valence-corrected chi connectivity index (χ4v) is 1.89. The van der Waals surface area contributed by atoms with Crippen LogP contribution in [0.3, 0.4) is 0 Å². The largest absolute Gasteiger partial charge is 0.493 e. The van der Waals surface area contributed by atoms with Crippen molar-refractivity contribution in [3.05, 3.63) is 29.8 Å². The van der Waals surface area contributed by atoms with Gasteiger partial charge in [0, 0.05) is 0 Å². The first kappa shape index (κ1) is 22.3. The van der Waals surface area contributed by atoms with Gasteiger partial charge in [0.1, 0.15) is 36.8 Å². The lowest BCUT2D eigenvalue weighted by Crippen LogP contribution is -2.47. The molecule has 0 bridgehead atoms. The van der Waals surface area contributed by atoms with E-state index in [0.29, 0.717) is 12.4 Å². The molecule has 8 nitrogen and oxygen atoms in total. The van der Waals surface area contributed by atoms with Crippen LogP contribution in [0.25, 0.3) is 0 Å². The van der Waals surface area contributed by atoms with Crippen LogP contribution in [0.1, 0.15) is 31.1 Å². The molecule has 0 aliphatic carbocycles. The normalized spacial score (nSPS) is 16.5. The van der Waals surface area contributed by atoms with Crippen LogP contribution < -0.4 is 4.74 Å². The summed E-state index contributed by atoms with van der Waals surface area (Å²) in [5.41, 5.74) is 0.230. The molecule has 8 heteroatoms. The monoisotopic (exact) mass is 372 g/mol. The third kappa shape index (κ3) is 7.27. The zero-order valence-corrected chi connectivity index (χ0v) is 15.2. The van der Waals surface area contributed by atoms with Crippen LogP contribution in [0.2, 0.25) is 0 Å². The van der Waals surface area contributed by atoms with Gasteiger partial charge < -0.3 is 35.0 Å². The lowest BCUT2D eigenvalue weighted by Gasteiger charge is -2.25. The van der Waals surface area contributed by atoms with E-state index >= 15 is 0 Å². The molecule has 0 aliphatic rings. The van der Waals surface area contributed by atoms with Gasteiger partial charge in [0.15, 0.2) is 0 Å². The van der Waals surface area contributed by atoms with E-state index in [4.69, 9.17) is 14.6 Å². The van der Waals surface area contributed by atoms with Crippen molar-refractivity contribution in [3.63, 3.8) is 0 Å². The first-order valence-electron chi connectivity index (χ1n) is 8.28. The van der Waals surface area contributed by atoms with Crippen LogP contribution in [0.5, 0.6) is 5.75 Å². The van der Waals surface area contributed by atoms with E-state index in [1.54, 1.807) is 12.1 Å². The van der Waals surface area contributed by atoms with Crippen LogP contribution in [-0.4, -0.2) is 75.7 Å². The smallest absolute Gasteiger partial charge is 0.338 e. The molecule has 0 heterocycles. The van der Waals surface area contributed by atoms with Gasteiger partial charge in [-0.1, -0.05) is 20.8 Å². The molecule has 0 aromatic heterocycles. The highest BCUT2D eigenvalue weighted by Gasteiger charge is 2.30. The second-order valence-electron chi connectivity index (χ2n) is 7.27. The molecule has 0 spiro atoms. The predicted molar refractivity (Wildman–Crippen MR) is 92.8 cm³/mol. The van der Waals surface area contributed by atoms with Crippen molar-refractivity contribution in [3.8, 4) is 5.75 Å². The Morgan fingerprint density at radius 2 is 1.54 bits per heavy atom. The molecule has 0 saturated carbocycles. The average Bonchev–Trinajstić information content (AvgIpc) is 2.61. The van der Waals surface area contributed by atoms with Gasteiger partial charge in [-0.3, -0.25) is 0 Å². The van der Waals surface area contributed by atoms with E-state index in [0.717, 1.165) is 0 Å². The Bertz CT molecular complexity index is 551. The number of carbonyl (C=O) groups is 1. The maximum Gasteiger partial charge on any atom is 0.338 e. The zero-order chi connectivity index (χ0) is 19.9. The van der Waals surface area contributed by atoms with Crippen molar-refractivity contribution in [1.29, 1.82) is 0 Å². The Kier molecular flexibility index (Phi) is 8.45. The molecule has 5 N–H and O–H groups in total. The number of esters is 1. The zero-order valence-electron chi connectivity index (χ0n) is 15.2. The minimum Gasteiger partial charge on any atom is -0.493 e. The van der Waals surface area contributed by atoms with E-state index < -0.39 is 43.6 Å². The van der Waals surface area contributed by atoms with Crippen molar-refractivity contribution < 1.29 is 39.8 Å². The molecule has 1 aromatic carbocycles. The van der Waals surface area contributed by atoms with Gasteiger partial charge in [0.2, 0.25) is 0 Å². The summed E-state index contributed by atoms with van der Waals surface area (Å²) in [6.45, 7) is 5.26. The summed E-state index contributed by atoms with van der Waals surface area (Å²) in [7, 11) is 0. The number of benzene rings is 1. The molecular weight excluding hydrogens is 344 g/mol. The lowest BCUT2D eigenvalue weighted by atomic mass is 9.99. The minimum atomic E-state index is -1.78. The highest BCUT2D eigenvalue weighted by molar-refractivity contribution is 5.89. The van der Waals surface area contributed by atoms with E-state index in [1.807, 2.05) is 20.8 Å². The van der Waals surface area contributed by atoms with Crippen LogP contribution in [0, 0.1) is 5.41 Å². The first-order chi connectivity index (χ1) is 12.0. The van der Waals surface area contributed by atoms with Gasteiger partial charge in [-0.15, -0.1) is 0 Å². The Labute approximate surface area is 152 Å². The number of hydrogen-bond acceptors (Lipinski definition) is 8. The number of aliphatic hydroxyl groups is 5. The first-order valence-corrected chi connectivity index (χ1v) is 8.28. The van der Waals surface area contributed by atoms with Gasteiger partial charge in [0.05, 0.1) is 18.8 Å². The highest BCUT2D eigenvalue weighted by atomic mass is 16.5. The Morgan fingerprint density at radius 3 is 2.04 bits per heavy atom. The van der Waals surface area contributed by atoms with Crippen molar-refractivity contribution >= 4 is 5.97 Å². The molecule has 0 fully saturated rings. The molecule has 0 amide bonds. The number of rotatable bonds is 9. The number of ether oxygens (including phenoxy) is 2. The Balaban J connectivity index is 2.52. The van der Waals surface area contributed by atoms with Crippen LogP contribution >= 0.6 is 0 Å². The van der Waals surface area contributed by atoms with Crippen molar-refractivity contribution in [2.75, 3.05) is 19.8 Å². The molecule has 0 saturated heterocycles. The average molecular weight is 372 g/mol. The summed E-state index contributed by atoms with van der Waals surface area (Å²) in [5, 5.41) is 46.8. The fourth-order valence-electron chi connectivity index (χ4n) is 1.89. The molecule has 0 radical (unpaired) electrons. The molecule has 4 atom stereocenters. The van der Waals surface area contributed by atoms with E-state index in [9.17, 15) is 25.2 Å².